The van der Waals surface area contributed by atoms with Crippen LogP contribution in [0.5, 0.6) is 0 Å². The monoisotopic (exact) mass is 313 g/mol. The van der Waals surface area contributed by atoms with Crippen LogP contribution in [0.25, 0.3) is 0 Å². The summed E-state index contributed by atoms with van der Waals surface area (Å²) in [5.41, 5.74) is 2.35. The molecule has 0 radical (unpaired) electrons. The minimum atomic E-state index is -0.469. The third-order valence-corrected chi connectivity index (χ3v) is 4.16. The quantitative estimate of drug-likeness (QED) is 0.920. The second kappa shape index (κ2) is 6.24. The molecule has 6 nitrogen and oxygen atoms in total. The molecule has 0 bridgehead atoms. The summed E-state index contributed by atoms with van der Waals surface area (Å²) in [6.45, 7) is 1.97. The Morgan fingerprint density at radius 3 is 2.74 bits per heavy atom. The Balaban J connectivity index is 1.78. The number of benzene rings is 1. The molecule has 0 atom stereocenters. The number of nitrogens with one attached hydrogen (secondary N) is 1. The van der Waals surface area contributed by atoms with Crippen molar-refractivity contribution in [1.82, 2.24) is 9.13 Å². The molecule has 0 aliphatic heterocycles. The van der Waals surface area contributed by atoms with Gasteiger partial charge in [-0.1, -0.05) is 6.07 Å². The number of anilines is 1. The zero-order chi connectivity index (χ0) is 16.4. The number of hydrogen-bond acceptors (Lipinski definition) is 3. The highest BCUT2D eigenvalue weighted by molar-refractivity contribution is 5.90. The molecule has 1 aromatic carbocycles. The van der Waals surface area contributed by atoms with Crippen molar-refractivity contribution in [3.05, 3.63) is 62.4 Å². The highest BCUT2D eigenvalue weighted by Crippen LogP contribution is 2.24. The van der Waals surface area contributed by atoms with E-state index in [0.29, 0.717) is 12.2 Å². The van der Waals surface area contributed by atoms with Crippen molar-refractivity contribution >= 4 is 11.6 Å². The summed E-state index contributed by atoms with van der Waals surface area (Å²) >= 11 is 0. The molecule has 0 fully saturated rings. The smallest absolute Gasteiger partial charge is 0.325 e. The Morgan fingerprint density at radius 1 is 1.17 bits per heavy atom. The molecular formula is C17H19N3O3. The number of carbonyl (C=O) groups is 1. The molecule has 120 valence electrons. The molecule has 0 saturated heterocycles. The van der Waals surface area contributed by atoms with Gasteiger partial charge in [-0.2, -0.15) is 0 Å². The maximum absolute atomic E-state index is 12.2. The number of amides is 1. The van der Waals surface area contributed by atoms with Crippen LogP contribution in [0, 0.1) is 0 Å². The van der Waals surface area contributed by atoms with Crippen molar-refractivity contribution in [1.29, 1.82) is 0 Å². The molecule has 3 rings (SSSR count). The van der Waals surface area contributed by atoms with Crippen LogP contribution in [-0.4, -0.2) is 15.0 Å². The van der Waals surface area contributed by atoms with Gasteiger partial charge in [0.25, 0.3) is 5.56 Å². The van der Waals surface area contributed by atoms with Crippen LogP contribution >= 0.6 is 0 Å². The third-order valence-electron chi connectivity index (χ3n) is 4.16. The van der Waals surface area contributed by atoms with Crippen LogP contribution < -0.4 is 16.6 Å². The summed E-state index contributed by atoms with van der Waals surface area (Å²) in [7, 11) is 0. The van der Waals surface area contributed by atoms with Gasteiger partial charge in [-0.25, -0.2) is 4.79 Å². The second-order valence-corrected chi connectivity index (χ2v) is 5.69. The van der Waals surface area contributed by atoms with Crippen LogP contribution in [0.1, 0.15) is 24.5 Å². The molecular weight excluding hydrogens is 294 g/mol. The average Bonchev–Trinajstić information content (AvgIpc) is 2.99. The predicted octanol–water partition coefficient (Wildman–Crippen LogP) is 1.16. The van der Waals surface area contributed by atoms with Gasteiger partial charge in [0.15, 0.2) is 0 Å². The summed E-state index contributed by atoms with van der Waals surface area (Å²) in [6, 6.07) is 7.16. The molecule has 6 heteroatoms. The van der Waals surface area contributed by atoms with E-state index in [1.165, 1.54) is 28.0 Å². The fourth-order valence-electron chi connectivity index (χ4n) is 2.94. The first-order chi connectivity index (χ1) is 11.1. The van der Waals surface area contributed by atoms with Gasteiger partial charge in [0.1, 0.15) is 6.54 Å². The van der Waals surface area contributed by atoms with E-state index in [1.807, 2.05) is 18.2 Å². The molecule has 0 saturated carbocycles. The highest BCUT2D eigenvalue weighted by Gasteiger charge is 2.13. The van der Waals surface area contributed by atoms with Gasteiger partial charge >= 0.3 is 5.69 Å². The molecule has 2 aromatic rings. The molecule has 23 heavy (non-hydrogen) atoms. The van der Waals surface area contributed by atoms with Crippen molar-refractivity contribution in [2.24, 2.45) is 0 Å². The number of aromatic nitrogens is 2. The summed E-state index contributed by atoms with van der Waals surface area (Å²) in [5.74, 6) is -0.379. The van der Waals surface area contributed by atoms with Crippen LogP contribution in [-0.2, 0) is 30.7 Å². The number of hydrogen-bond donors (Lipinski definition) is 1. The van der Waals surface area contributed by atoms with E-state index in [-0.39, 0.29) is 12.5 Å². The van der Waals surface area contributed by atoms with Crippen molar-refractivity contribution < 1.29 is 4.79 Å². The van der Waals surface area contributed by atoms with E-state index in [9.17, 15) is 14.4 Å². The molecule has 1 aliphatic rings. The van der Waals surface area contributed by atoms with Gasteiger partial charge in [0.05, 0.1) is 0 Å². The first kappa shape index (κ1) is 15.3. The predicted molar refractivity (Wildman–Crippen MR) is 87.7 cm³/mol. The van der Waals surface area contributed by atoms with E-state index in [4.69, 9.17) is 0 Å². The maximum Gasteiger partial charge on any atom is 0.331 e. The summed E-state index contributed by atoms with van der Waals surface area (Å²) in [5, 5.41) is 2.77. The Hall–Kier alpha value is -2.63. The van der Waals surface area contributed by atoms with Gasteiger partial charge < -0.3 is 9.88 Å². The molecule has 1 aliphatic carbocycles. The van der Waals surface area contributed by atoms with E-state index in [1.54, 1.807) is 6.92 Å². The Kier molecular flexibility index (Phi) is 4.14. The standard InChI is InChI=1S/C17H19N3O3/c1-2-19-9-8-16(22)20(17(19)23)11-15(21)18-14-7-6-12-4-3-5-13(12)10-14/h6-10H,2-5,11H2,1H3,(H,18,21). The summed E-state index contributed by atoms with van der Waals surface area (Å²) in [4.78, 5) is 36.1. The van der Waals surface area contributed by atoms with Crippen LogP contribution in [0.3, 0.4) is 0 Å². The van der Waals surface area contributed by atoms with Crippen LogP contribution in [0.4, 0.5) is 5.69 Å². The lowest BCUT2D eigenvalue weighted by Gasteiger charge is -2.10. The lowest BCUT2D eigenvalue weighted by molar-refractivity contribution is -0.116. The zero-order valence-corrected chi connectivity index (χ0v) is 13.0. The summed E-state index contributed by atoms with van der Waals surface area (Å²) in [6.07, 6.45) is 4.69. The van der Waals surface area contributed by atoms with Crippen molar-refractivity contribution in [3.63, 3.8) is 0 Å². The molecule has 1 amide bonds. The lowest BCUT2D eigenvalue weighted by Crippen LogP contribution is -2.41. The van der Waals surface area contributed by atoms with Gasteiger partial charge in [0.2, 0.25) is 5.91 Å². The van der Waals surface area contributed by atoms with Gasteiger partial charge in [0, 0.05) is 24.5 Å². The number of carbonyl (C=O) groups excluding carboxylic acids is 1. The molecule has 0 unspecified atom stereocenters. The molecule has 1 heterocycles. The van der Waals surface area contributed by atoms with Crippen molar-refractivity contribution in [3.8, 4) is 0 Å². The number of aryl methyl sites for hydroxylation is 3. The van der Waals surface area contributed by atoms with Crippen molar-refractivity contribution in [2.45, 2.75) is 39.3 Å². The highest BCUT2D eigenvalue weighted by atomic mass is 16.2. The Labute approximate surface area is 133 Å². The van der Waals surface area contributed by atoms with Gasteiger partial charge in [-0.05, 0) is 49.4 Å². The lowest BCUT2D eigenvalue weighted by atomic mass is 10.1. The molecule has 0 spiro atoms. The largest absolute Gasteiger partial charge is 0.331 e. The minimum Gasteiger partial charge on any atom is -0.325 e. The maximum atomic E-state index is 12.2. The minimum absolute atomic E-state index is 0.282. The first-order valence-corrected chi connectivity index (χ1v) is 7.80. The topological polar surface area (TPSA) is 73.1 Å². The van der Waals surface area contributed by atoms with Crippen LogP contribution in [0.2, 0.25) is 0 Å². The Morgan fingerprint density at radius 2 is 1.96 bits per heavy atom. The Bertz CT molecular complexity index is 864. The van der Waals surface area contributed by atoms with Crippen LogP contribution in [0.15, 0.2) is 40.1 Å². The van der Waals surface area contributed by atoms with Gasteiger partial charge in [-0.15, -0.1) is 0 Å². The normalized spacial score (nSPS) is 12.9. The fraction of sp³-hybridized carbons (Fsp3) is 0.353. The number of nitrogens with zero attached hydrogens (tertiary/aromatic N) is 2. The first-order valence-electron chi connectivity index (χ1n) is 7.80. The van der Waals surface area contributed by atoms with E-state index in [0.717, 1.165) is 23.8 Å². The van der Waals surface area contributed by atoms with E-state index < -0.39 is 11.2 Å². The zero-order valence-electron chi connectivity index (χ0n) is 13.0. The third kappa shape index (κ3) is 3.11. The molecule has 1 N–H and O–H groups in total. The molecule has 1 aromatic heterocycles. The second-order valence-electron chi connectivity index (χ2n) is 5.69. The van der Waals surface area contributed by atoms with Gasteiger partial charge in [-0.3, -0.25) is 14.2 Å². The fourth-order valence-corrected chi connectivity index (χ4v) is 2.94. The number of rotatable bonds is 4. The summed E-state index contributed by atoms with van der Waals surface area (Å²) < 4.78 is 2.34. The number of fused-ring (bicyclic) bond motifs is 1. The van der Waals surface area contributed by atoms with E-state index >= 15 is 0 Å². The SMILES string of the molecule is CCn1ccc(=O)n(CC(=O)Nc2ccc3c(c2)CCC3)c1=O. The average molecular weight is 313 g/mol. The van der Waals surface area contributed by atoms with Crippen molar-refractivity contribution in [2.75, 3.05) is 5.32 Å². The van der Waals surface area contributed by atoms with E-state index in [2.05, 4.69) is 5.32 Å².